The number of amides is 1. The van der Waals surface area contributed by atoms with Crippen LogP contribution in [0.1, 0.15) is 28.8 Å². The van der Waals surface area contributed by atoms with Gasteiger partial charge in [0.05, 0.1) is 17.9 Å². The molecule has 2 aromatic carbocycles. The number of hydrogen-bond donors (Lipinski definition) is 0. The number of ether oxygens (including phenoxy) is 1. The molecule has 0 atom stereocenters. The quantitative estimate of drug-likeness (QED) is 0.658. The molecule has 0 N–H and O–H groups in total. The van der Waals surface area contributed by atoms with Crippen molar-refractivity contribution in [2.75, 3.05) is 27.2 Å². The normalized spacial score (nSPS) is 15.2. The number of esters is 1. The second kappa shape index (κ2) is 9.40. The highest BCUT2D eigenvalue weighted by Crippen LogP contribution is 2.21. The third-order valence-corrected chi connectivity index (χ3v) is 7.19. The molecular weight excluding hydrogens is 404 g/mol. The van der Waals surface area contributed by atoms with Gasteiger partial charge in [-0.3, -0.25) is 9.59 Å². The summed E-state index contributed by atoms with van der Waals surface area (Å²) in [5.74, 6) is -0.459. The molecule has 0 aliphatic carbocycles. The molecule has 0 radical (unpaired) electrons. The van der Waals surface area contributed by atoms with Crippen molar-refractivity contribution >= 4 is 21.9 Å². The summed E-state index contributed by atoms with van der Waals surface area (Å²) in [4.78, 5) is 26.3. The van der Waals surface area contributed by atoms with Crippen LogP contribution in [0.2, 0.25) is 0 Å². The van der Waals surface area contributed by atoms with Crippen LogP contribution in [0.3, 0.4) is 0 Å². The zero-order chi connectivity index (χ0) is 21.7. The van der Waals surface area contributed by atoms with Crippen LogP contribution < -0.4 is 0 Å². The van der Waals surface area contributed by atoms with Gasteiger partial charge in [0.15, 0.2) is 0 Å². The van der Waals surface area contributed by atoms with Crippen molar-refractivity contribution in [3.8, 4) is 0 Å². The van der Waals surface area contributed by atoms with E-state index in [1.54, 1.807) is 59.5 Å². The van der Waals surface area contributed by atoms with Crippen molar-refractivity contribution < 1.29 is 22.7 Å². The molecule has 1 heterocycles. The van der Waals surface area contributed by atoms with E-state index < -0.39 is 10.0 Å². The molecule has 0 bridgehead atoms. The Labute approximate surface area is 177 Å². The molecule has 1 amide bonds. The van der Waals surface area contributed by atoms with Crippen molar-refractivity contribution in [2.24, 2.45) is 5.92 Å². The molecule has 30 heavy (non-hydrogen) atoms. The van der Waals surface area contributed by atoms with Gasteiger partial charge in [0.1, 0.15) is 0 Å². The van der Waals surface area contributed by atoms with Crippen molar-refractivity contribution in [1.29, 1.82) is 0 Å². The Kier molecular flexibility index (Phi) is 6.89. The van der Waals surface area contributed by atoms with E-state index in [1.165, 1.54) is 18.5 Å². The van der Waals surface area contributed by atoms with Gasteiger partial charge in [-0.05, 0) is 42.7 Å². The minimum Gasteiger partial charge on any atom is -0.469 e. The largest absolute Gasteiger partial charge is 0.469 e. The fraction of sp³-hybridized carbons (Fsp3) is 0.364. The molecular formula is C22H26N2O5S. The Balaban J connectivity index is 1.61. The first kappa shape index (κ1) is 22.0. The van der Waals surface area contributed by atoms with Crippen molar-refractivity contribution in [2.45, 2.75) is 24.3 Å². The molecule has 0 spiro atoms. The van der Waals surface area contributed by atoms with E-state index >= 15 is 0 Å². The third-order valence-electron chi connectivity index (χ3n) is 5.37. The summed E-state index contributed by atoms with van der Waals surface area (Å²) in [5, 5.41) is 0. The monoisotopic (exact) mass is 430 g/mol. The molecule has 1 aliphatic rings. The lowest BCUT2D eigenvalue weighted by atomic mass is 9.96. The number of hydrogen-bond acceptors (Lipinski definition) is 5. The number of sulfonamides is 1. The van der Waals surface area contributed by atoms with Gasteiger partial charge in [0, 0.05) is 32.2 Å². The molecule has 2 aromatic rings. The van der Waals surface area contributed by atoms with Crippen LogP contribution in [0.4, 0.5) is 0 Å². The molecule has 3 rings (SSSR count). The smallest absolute Gasteiger partial charge is 0.308 e. The van der Waals surface area contributed by atoms with E-state index in [9.17, 15) is 18.0 Å². The molecule has 0 saturated carbocycles. The maximum Gasteiger partial charge on any atom is 0.308 e. The molecule has 160 valence electrons. The predicted molar refractivity (Wildman–Crippen MR) is 112 cm³/mol. The third kappa shape index (κ3) is 4.88. The highest BCUT2D eigenvalue weighted by Gasteiger charge is 2.28. The minimum absolute atomic E-state index is 0.0878. The topological polar surface area (TPSA) is 84.0 Å². The molecule has 1 saturated heterocycles. The first-order valence-corrected chi connectivity index (χ1v) is 11.2. The minimum atomic E-state index is -3.57. The van der Waals surface area contributed by atoms with E-state index in [4.69, 9.17) is 4.74 Å². The average Bonchev–Trinajstić information content (AvgIpc) is 2.79. The molecule has 1 aliphatic heterocycles. The van der Waals surface area contributed by atoms with Gasteiger partial charge in [-0.15, -0.1) is 0 Å². The SMILES string of the molecule is COC(=O)C1CCN(C(=O)c2ccc(CN(C)S(=O)(=O)c3ccccc3)cc2)CC1. The lowest BCUT2D eigenvalue weighted by Gasteiger charge is -2.30. The number of carbonyl (C=O) groups excluding carboxylic acids is 2. The van der Waals surface area contributed by atoms with Gasteiger partial charge in [-0.25, -0.2) is 8.42 Å². The number of likely N-dealkylation sites (tertiary alicyclic amines) is 1. The average molecular weight is 431 g/mol. The zero-order valence-corrected chi connectivity index (χ0v) is 18.0. The highest BCUT2D eigenvalue weighted by molar-refractivity contribution is 7.89. The summed E-state index contributed by atoms with van der Waals surface area (Å²) in [5.41, 5.74) is 1.33. The van der Waals surface area contributed by atoms with Crippen molar-refractivity contribution in [3.05, 3.63) is 65.7 Å². The molecule has 8 heteroatoms. The first-order valence-electron chi connectivity index (χ1n) is 9.80. The number of benzene rings is 2. The number of carbonyl (C=O) groups is 2. The summed E-state index contributed by atoms with van der Waals surface area (Å²) < 4.78 is 31.4. The number of rotatable bonds is 6. The van der Waals surface area contributed by atoms with Crippen LogP contribution in [0, 0.1) is 5.92 Å². The van der Waals surface area contributed by atoms with E-state index in [0.29, 0.717) is 31.5 Å². The Bertz CT molecular complexity index is 982. The lowest BCUT2D eigenvalue weighted by Crippen LogP contribution is -2.40. The van der Waals surface area contributed by atoms with Crippen LogP contribution in [0.15, 0.2) is 59.5 Å². The Morgan fingerprint density at radius 1 is 1.03 bits per heavy atom. The van der Waals surface area contributed by atoms with E-state index in [0.717, 1.165) is 5.56 Å². The maximum atomic E-state index is 12.7. The summed E-state index contributed by atoms with van der Waals surface area (Å²) in [6, 6.07) is 15.3. The van der Waals surface area contributed by atoms with Gasteiger partial charge in [-0.1, -0.05) is 30.3 Å². The highest BCUT2D eigenvalue weighted by atomic mass is 32.2. The van der Waals surface area contributed by atoms with E-state index in [2.05, 4.69) is 0 Å². The Morgan fingerprint density at radius 2 is 1.63 bits per heavy atom. The second-order valence-electron chi connectivity index (χ2n) is 7.36. The first-order chi connectivity index (χ1) is 14.3. The van der Waals surface area contributed by atoms with Gasteiger partial charge in [0.25, 0.3) is 5.91 Å². The summed E-state index contributed by atoms with van der Waals surface area (Å²) in [6.45, 7) is 1.23. The fourth-order valence-corrected chi connectivity index (χ4v) is 4.71. The molecule has 1 fully saturated rings. The van der Waals surface area contributed by atoms with Crippen molar-refractivity contribution in [3.63, 3.8) is 0 Å². The number of piperidine rings is 1. The predicted octanol–water partition coefficient (Wildman–Crippen LogP) is 2.53. The molecule has 0 unspecified atom stereocenters. The summed E-state index contributed by atoms with van der Waals surface area (Å²) in [7, 11) is -0.661. The van der Waals surface area contributed by atoms with Crippen LogP contribution in [-0.4, -0.2) is 56.7 Å². The summed E-state index contributed by atoms with van der Waals surface area (Å²) in [6.07, 6.45) is 1.19. The summed E-state index contributed by atoms with van der Waals surface area (Å²) >= 11 is 0. The second-order valence-corrected chi connectivity index (χ2v) is 9.41. The standard InChI is InChI=1S/C22H26N2O5S/c1-23(30(27,28)20-6-4-3-5-7-20)16-17-8-10-18(11-9-17)21(25)24-14-12-19(13-15-24)22(26)29-2/h3-11,19H,12-16H2,1-2H3. The van der Waals surface area contributed by atoms with E-state index in [-0.39, 0.29) is 29.2 Å². The fourth-order valence-electron chi connectivity index (χ4n) is 3.53. The zero-order valence-electron chi connectivity index (χ0n) is 17.2. The number of methoxy groups -OCH3 is 1. The Morgan fingerprint density at radius 3 is 2.20 bits per heavy atom. The number of nitrogens with zero attached hydrogens (tertiary/aromatic N) is 2. The lowest BCUT2D eigenvalue weighted by molar-refractivity contribution is -0.146. The molecule has 7 nitrogen and oxygen atoms in total. The van der Waals surface area contributed by atoms with Crippen molar-refractivity contribution in [1.82, 2.24) is 9.21 Å². The van der Waals surface area contributed by atoms with Crippen LogP contribution in [-0.2, 0) is 26.1 Å². The maximum absolute atomic E-state index is 12.7. The van der Waals surface area contributed by atoms with Gasteiger partial charge in [-0.2, -0.15) is 4.31 Å². The Hall–Kier alpha value is -2.71. The van der Waals surface area contributed by atoms with Gasteiger partial charge < -0.3 is 9.64 Å². The van der Waals surface area contributed by atoms with Crippen LogP contribution >= 0.6 is 0 Å². The van der Waals surface area contributed by atoms with Gasteiger partial charge in [0.2, 0.25) is 10.0 Å². The van der Waals surface area contributed by atoms with Gasteiger partial charge >= 0.3 is 5.97 Å². The van der Waals surface area contributed by atoms with E-state index in [1.807, 2.05) is 0 Å². The van der Waals surface area contributed by atoms with Crippen LogP contribution in [0.5, 0.6) is 0 Å². The molecule has 0 aromatic heterocycles. The van der Waals surface area contributed by atoms with Crippen LogP contribution in [0.25, 0.3) is 0 Å².